The van der Waals surface area contributed by atoms with Crippen LogP contribution in [-0.2, 0) is 0 Å². The Morgan fingerprint density at radius 2 is 1.77 bits per heavy atom. The van der Waals surface area contributed by atoms with E-state index in [0.29, 0.717) is 6.54 Å². The fraction of sp³-hybridized carbons (Fsp3) is 0.130. The number of nitro benzene ring substituents is 1. The van der Waals surface area contributed by atoms with Gasteiger partial charge in [-0.1, -0.05) is 60.1 Å². The number of nitrogens with zero attached hydrogens (tertiary/aromatic N) is 1. The summed E-state index contributed by atoms with van der Waals surface area (Å²) in [6.45, 7) is 0.686. The summed E-state index contributed by atoms with van der Waals surface area (Å²) in [4.78, 5) is 14.5. The van der Waals surface area contributed by atoms with Crippen molar-refractivity contribution >= 4 is 28.2 Å². The van der Waals surface area contributed by atoms with Crippen LogP contribution in [0.15, 0.2) is 72.8 Å². The topological polar surface area (TPSA) is 71.0 Å². The standard InChI is InChI=1S/C23H18ClN3O2.ClH/c24-19-10-3-1-8-16(19)18-13-25-22(14-6-5-7-15(12-14)27(28)29)23-21(18)17-9-2-4-11-20(17)26-23;/h1-12,18,22,25-26H,13H2;1H/p-1. The van der Waals surface area contributed by atoms with Crippen molar-refractivity contribution in [3.63, 3.8) is 0 Å². The zero-order valence-electron chi connectivity index (χ0n) is 15.8. The van der Waals surface area contributed by atoms with Crippen LogP contribution in [-0.4, -0.2) is 16.5 Å². The molecular formula is C23H18Cl2N3O2-. The quantitative estimate of drug-likeness (QED) is 0.381. The summed E-state index contributed by atoms with van der Waals surface area (Å²) in [7, 11) is 0. The van der Waals surface area contributed by atoms with Crippen molar-refractivity contribution in [2.75, 3.05) is 6.54 Å². The molecule has 0 bridgehead atoms. The van der Waals surface area contributed by atoms with Crippen LogP contribution >= 0.6 is 11.6 Å². The molecular weight excluding hydrogens is 421 g/mol. The van der Waals surface area contributed by atoms with Crippen molar-refractivity contribution in [3.8, 4) is 0 Å². The molecule has 0 saturated heterocycles. The monoisotopic (exact) mass is 438 g/mol. The second kappa shape index (κ2) is 8.11. The third kappa shape index (κ3) is 3.35. The molecule has 0 saturated carbocycles. The summed E-state index contributed by atoms with van der Waals surface area (Å²) in [6, 6.07) is 22.8. The van der Waals surface area contributed by atoms with Crippen LogP contribution < -0.4 is 17.7 Å². The Balaban J connectivity index is 0.00000218. The molecule has 4 aromatic rings. The zero-order chi connectivity index (χ0) is 20.0. The van der Waals surface area contributed by atoms with Crippen LogP contribution in [0.3, 0.4) is 0 Å². The lowest BCUT2D eigenvalue weighted by molar-refractivity contribution is -0.384. The maximum absolute atomic E-state index is 11.3. The lowest BCUT2D eigenvalue weighted by Crippen LogP contribution is -3.00. The third-order valence-electron chi connectivity index (χ3n) is 5.63. The fourth-order valence-electron chi connectivity index (χ4n) is 4.35. The van der Waals surface area contributed by atoms with Crippen LogP contribution in [0.4, 0.5) is 5.69 Å². The van der Waals surface area contributed by atoms with Crippen molar-refractivity contribution in [2.24, 2.45) is 0 Å². The molecule has 3 aromatic carbocycles. The molecule has 1 aliphatic rings. The molecule has 30 heavy (non-hydrogen) atoms. The van der Waals surface area contributed by atoms with Crippen LogP contribution in [0.5, 0.6) is 0 Å². The molecule has 0 fully saturated rings. The van der Waals surface area contributed by atoms with Gasteiger partial charge in [0.05, 0.1) is 11.0 Å². The third-order valence-corrected chi connectivity index (χ3v) is 5.98. The Bertz CT molecular complexity index is 1240. The number of nitro groups is 1. The number of non-ortho nitro benzene ring substituents is 1. The van der Waals surface area contributed by atoms with Gasteiger partial charge in [0.15, 0.2) is 0 Å². The molecule has 2 heterocycles. The lowest BCUT2D eigenvalue weighted by Gasteiger charge is -2.31. The number of fused-ring (bicyclic) bond motifs is 3. The number of hydrogen-bond acceptors (Lipinski definition) is 3. The van der Waals surface area contributed by atoms with E-state index in [1.165, 1.54) is 11.6 Å². The number of aromatic amines is 1. The molecule has 1 aromatic heterocycles. The van der Waals surface area contributed by atoms with E-state index in [9.17, 15) is 10.1 Å². The van der Waals surface area contributed by atoms with Gasteiger partial charge in [0.25, 0.3) is 5.69 Å². The number of halogens is 2. The highest BCUT2D eigenvalue weighted by Crippen LogP contribution is 2.43. The number of H-pyrrole nitrogens is 1. The van der Waals surface area contributed by atoms with E-state index in [0.717, 1.165) is 32.7 Å². The Hall–Kier alpha value is -2.86. The molecule has 0 radical (unpaired) electrons. The number of aromatic nitrogens is 1. The summed E-state index contributed by atoms with van der Waals surface area (Å²) >= 11 is 6.54. The molecule has 5 nitrogen and oxygen atoms in total. The van der Waals surface area contributed by atoms with Crippen molar-refractivity contribution in [3.05, 3.63) is 110 Å². The van der Waals surface area contributed by atoms with Crippen LogP contribution in [0, 0.1) is 10.1 Å². The first-order chi connectivity index (χ1) is 14.1. The van der Waals surface area contributed by atoms with Gasteiger partial charge in [0, 0.05) is 46.2 Å². The first kappa shape index (κ1) is 20.4. The van der Waals surface area contributed by atoms with Crippen LogP contribution in [0.25, 0.3) is 10.9 Å². The van der Waals surface area contributed by atoms with Crippen molar-refractivity contribution in [1.82, 2.24) is 10.3 Å². The molecule has 5 rings (SSSR count). The minimum Gasteiger partial charge on any atom is -1.00 e. The van der Waals surface area contributed by atoms with E-state index < -0.39 is 0 Å². The van der Waals surface area contributed by atoms with E-state index in [2.05, 4.69) is 28.5 Å². The van der Waals surface area contributed by atoms with Gasteiger partial charge in [-0.05, 0) is 28.8 Å². The fourth-order valence-corrected chi connectivity index (χ4v) is 4.62. The van der Waals surface area contributed by atoms with E-state index in [4.69, 9.17) is 11.6 Å². The summed E-state index contributed by atoms with van der Waals surface area (Å²) in [6.07, 6.45) is 0. The highest BCUT2D eigenvalue weighted by molar-refractivity contribution is 6.31. The highest BCUT2D eigenvalue weighted by Gasteiger charge is 2.33. The largest absolute Gasteiger partial charge is 1.00 e. The molecule has 0 spiro atoms. The number of para-hydroxylation sites is 1. The summed E-state index contributed by atoms with van der Waals surface area (Å²) in [5.41, 5.74) is 5.31. The van der Waals surface area contributed by atoms with E-state index >= 15 is 0 Å². The Labute approximate surface area is 184 Å². The van der Waals surface area contributed by atoms with Crippen molar-refractivity contribution in [2.45, 2.75) is 12.0 Å². The van der Waals surface area contributed by atoms with E-state index in [1.807, 2.05) is 36.4 Å². The normalized spacial score (nSPS) is 17.9. The van der Waals surface area contributed by atoms with Gasteiger partial charge < -0.3 is 22.7 Å². The SMILES string of the molecule is O=[N+]([O-])c1cccc(C2NCC(c3ccccc3Cl)c3c2[nH]c2ccccc32)c1.[Cl-]. The first-order valence-corrected chi connectivity index (χ1v) is 9.84. The van der Waals surface area contributed by atoms with Crippen LogP contribution in [0.1, 0.15) is 34.3 Å². The zero-order valence-corrected chi connectivity index (χ0v) is 17.3. The molecule has 0 amide bonds. The predicted molar refractivity (Wildman–Crippen MR) is 115 cm³/mol. The number of rotatable bonds is 3. The van der Waals surface area contributed by atoms with Gasteiger partial charge in [0.2, 0.25) is 0 Å². The molecule has 152 valence electrons. The molecule has 0 aliphatic carbocycles. The Morgan fingerprint density at radius 3 is 2.57 bits per heavy atom. The minimum absolute atomic E-state index is 0. The summed E-state index contributed by atoms with van der Waals surface area (Å²) in [5.74, 6) is 0.0878. The predicted octanol–water partition coefficient (Wildman–Crippen LogP) is 2.56. The molecule has 2 N–H and O–H groups in total. The van der Waals surface area contributed by atoms with E-state index in [1.54, 1.807) is 12.1 Å². The van der Waals surface area contributed by atoms with Crippen molar-refractivity contribution in [1.29, 1.82) is 0 Å². The number of nitrogens with one attached hydrogen (secondary N) is 2. The minimum atomic E-state index is -0.356. The Kier molecular flexibility index (Phi) is 5.52. The second-order valence-electron chi connectivity index (χ2n) is 7.27. The average Bonchev–Trinajstić information content (AvgIpc) is 3.13. The van der Waals surface area contributed by atoms with Crippen molar-refractivity contribution < 1.29 is 17.3 Å². The van der Waals surface area contributed by atoms with E-state index in [-0.39, 0.29) is 35.0 Å². The van der Waals surface area contributed by atoms with Gasteiger partial charge >= 0.3 is 0 Å². The molecule has 1 aliphatic heterocycles. The maximum Gasteiger partial charge on any atom is 0.269 e. The smallest absolute Gasteiger partial charge is 0.269 e. The number of benzene rings is 3. The summed E-state index contributed by atoms with van der Waals surface area (Å²) in [5, 5.41) is 16.7. The molecule has 2 unspecified atom stereocenters. The average molecular weight is 439 g/mol. The van der Waals surface area contributed by atoms with Gasteiger partial charge in [0.1, 0.15) is 0 Å². The molecule has 7 heteroatoms. The summed E-state index contributed by atoms with van der Waals surface area (Å²) < 4.78 is 0. The lowest BCUT2D eigenvalue weighted by atomic mass is 9.83. The van der Waals surface area contributed by atoms with Gasteiger partial charge in [-0.15, -0.1) is 0 Å². The first-order valence-electron chi connectivity index (χ1n) is 9.46. The van der Waals surface area contributed by atoms with Gasteiger partial charge in [-0.25, -0.2) is 0 Å². The van der Waals surface area contributed by atoms with Gasteiger partial charge in [-0.2, -0.15) is 0 Å². The highest BCUT2D eigenvalue weighted by atomic mass is 35.5. The maximum atomic E-state index is 11.3. The molecule has 2 atom stereocenters. The Morgan fingerprint density at radius 1 is 1.00 bits per heavy atom. The van der Waals surface area contributed by atoms with Gasteiger partial charge in [-0.3, -0.25) is 10.1 Å². The number of hydrogen-bond donors (Lipinski definition) is 2. The second-order valence-corrected chi connectivity index (χ2v) is 7.67. The van der Waals surface area contributed by atoms with Crippen LogP contribution in [0.2, 0.25) is 5.02 Å².